The first-order chi connectivity index (χ1) is 34.3. The van der Waals surface area contributed by atoms with Gasteiger partial charge in [0, 0.05) is 19.3 Å². The van der Waals surface area contributed by atoms with Gasteiger partial charge < -0.3 is 14.2 Å². The van der Waals surface area contributed by atoms with Crippen molar-refractivity contribution < 1.29 is 28.6 Å². The van der Waals surface area contributed by atoms with Crippen molar-refractivity contribution in [2.45, 2.75) is 368 Å². The molecule has 70 heavy (non-hydrogen) atoms. The minimum absolute atomic E-state index is 0.0621. The number of rotatable bonds is 58. The Kier molecular flexibility index (Phi) is 55.4. The summed E-state index contributed by atoms with van der Waals surface area (Å²) in [7, 11) is 0. The molecule has 0 amide bonds. The summed E-state index contributed by atoms with van der Waals surface area (Å²) in [6, 6.07) is 0. The fourth-order valence-electron chi connectivity index (χ4n) is 9.90. The maximum absolute atomic E-state index is 12.9. The highest BCUT2D eigenvalue weighted by Gasteiger charge is 2.19. The van der Waals surface area contributed by atoms with Crippen LogP contribution < -0.4 is 0 Å². The molecule has 2 atom stereocenters. The lowest BCUT2D eigenvalue weighted by Gasteiger charge is -2.18. The molecular formula is C64H124O6. The minimum Gasteiger partial charge on any atom is -0.462 e. The van der Waals surface area contributed by atoms with Gasteiger partial charge in [0.25, 0.3) is 0 Å². The smallest absolute Gasteiger partial charge is 0.306 e. The standard InChI is InChI=1S/C64H124O6/c1-6-8-9-10-11-12-13-14-15-21-24-29-34-39-44-49-54-62(65)68-57-61(70-64(67)56-51-46-41-36-31-26-27-32-37-42-47-52-59(3)4)58-69-63(66)55-50-45-40-35-30-25-22-19-17-16-18-20-23-28-33-38-43-48-53-60(5)7-2/h59-61H,6-58H2,1-5H3/t60?,61-/m1/s1. The zero-order valence-electron chi connectivity index (χ0n) is 48.2. The predicted octanol–water partition coefficient (Wildman–Crippen LogP) is 21.2. The number of hydrogen-bond acceptors (Lipinski definition) is 6. The number of carbonyl (C=O) groups excluding carboxylic acids is 3. The SMILES string of the molecule is CCCCCCCCCCCCCCCCCCC(=O)OC[C@H](COC(=O)CCCCCCCCCCCCCCCCCCCCC(C)CC)OC(=O)CCCCCCCCCCCCCC(C)C. The van der Waals surface area contributed by atoms with Gasteiger partial charge >= 0.3 is 17.9 Å². The first kappa shape index (κ1) is 68.4. The number of carbonyl (C=O) groups is 3. The van der Waals surface area contributed by atoms with Crippen molar-refractivity contribution in [1.82, 2.24) is 0 Å². The molecule has 0 radical (unpaired) electrons. The first-order valence-electron chi connectivity index (χ1n) is 31.8. The van der Waals surface area contributed by atoms with E-state index >= 15 is 0 Å². The highest BCUT2D eigenvalue weighted by Crippen LogP contribution is 2.19. The Balaban J connectivity index is 4.24. The molecule has 0 spiro atoms. The van der Waals surface area contributed by atoms with Crippen LogP contribution >= 0.6 is 0 Å². The molecule has 0 bridgehead atoms. The van der Waals surface area contributed by atoms with Gasteiger partial charge in [0.15, 0.2) is 6.10 Å². The third-order valence-electron chi connectivity index (χ3n) is 15.1. The molecule has 0 aliphatic heterocycles. The van der Waals surface area contributed by atoms with Gasteiger partial charge in [-0.15, -0.1) is 0 Å². The Hall–Kier alpha value is -1.59. The second-order valence-electron chi connectivity index (χ2n) is 22.8. The number of unbranched alkanes of at least 4 members (excludes halogenated alkanes) is 42. The van der Waals surface area contributed by atoms with Crippen LogP contribution in [0.3, 0.4) is 0 Å². The summed E-state index contributed by atoms with van der Waals surface area (Å²) < 4.78 is 16.9. The molecule has 0 heterocycles. The van der Waals surface area contributed by atoms with E-state index in [1.165, 1.54) is 250 Å². The van der Waals surface area contributed by atoms with Crippen LogP contribution in [0.15, 0.2) is 0 Å². The summed E-state index contributed by atoms with van der Waals surface area (Å²) in [4.78, 5) is 38.3. The normalized spacial score (nSPS) is 12.4. The van der Waals surface area contributed by atoms with Gasteiger partial charge in [-0.3, -0.25) is 14.4 Å². The Morgan fingerprint density at radius 3 is 0.814 bits per heavy atom. The number of esters is 3. The van der Waals surface area contributed by atoms with E-state index in [1.807, 2.05) is 0 Å². The molecule has 6 heteroatoms. The van der Waals surface area contributed by atoms with E-state index < -0.39 is 6.10 Å². The summed E-state index contributed by atoms with van der Waals surface area (Å²) in [5.74, 6) is 0.902. The van der Waals surface area contributed by atoms with Crippen LogP contribution in [0.2, 0.25) is 0 Å². The monoisotopic (exact) mass is 989 g/mol. The van der Waals surface area contributed by atoms with Gasteiger partial charge in [-0.1, -0.05) is 324 Å². The summed E-state index contributed by atoms with van der Waals surface area (Å²) in [5.41, 5.74) is 0. The fraction of sp³-hybridized carbons (Fsp3) is 0.953. The lowest BCUT2D eigenvalue weighted by Crippen LogP contribution is -2.30. The Morgan fingerprint density at radius 1 is 0.300 bits per heavy atom. The van der Waals surface area contributed by atoms with E-state index in [0.29, 0.717) is 19.3 Å². The van der Waals surface area contributed by atoms with E-state index in [0.717, 1.165) is 69.6 Å². The zero-order valence-corrected chi connectivity index (χ0v) is 48.2. The van der Waals surface area contributed by atoms with Crippen LogP contribution in [0.25, 0.3) is 0 Å². The van der Waals surface area contributed by atoms with Crippen LogP contribution in [-0.4, -0.2) is 37.2 Å². The van der Waals surface area contributed by atoms with Crippen molar-refractivity contribution in [1.29, 1.82) is 0 Å². The molecule has 0 saturated carbocycles. The molecule has 416 valence electrons. The zero-order chi connectivity index (χ0) is 51.1. The molecule has 1 unspecified atom stereocenters. The van der Waals surface area contributed by atoms with Crippen LogP contribution in [0.5, 0.6) is 0 Å². The topological polar surface area (TPSA) is 78.9 Å². The quantitative estimate of drug-likeness (QED) is 0.0343. The molecule has 0 aromatic carbocycles. The van der Waals surface area contributed by atoms with E-state index in [2.05, 4.69) is 34.6 Å². The average molecular weight is 990 g/mol. The van der Waals surface area contributed by atoms with Gasteiger partial charge in [-0.25, -0.2) is 0 Å². The van der Waals surface area contributed by atoms with E-state index in [-0.39, 0.29) is 31.1 Å². The summed E-state index contributed by atoms with van der Waals surface area (Å²) in [5, 5.41) is 0. The van der Waals surface area contributed by atoms with E-state index in [1.54, 1.807) is 0 Å². The first-order valence-corrected chi connectivity index (χ1v) is 31.8. The van der Waals surface area contributed by atoms with Crippen LogP contribution in [0.4, 0.5) is 0 Å². The van der Waals surface area contributed by atoms with Crippen LogP contribution in [0.1, 0.15) is 362 Å². The van der Waals surface area contributed by atoms with Gasteiger partial charge in [-0.05, 0) is 31.1 Å². The van der Waals surface area contributed by atoms with Crippen molar-refractivity contribution in [3.05, 3.63) is 0 Å². The lowest BCUT2D eigenvalue weighted by atomic mass is 9.99. The molecule has 0 aromatic rings. The third-order valence-corrected chi connectivity index (χ3v) is 15.1. The summed E-state index contributed by atoms with van der Waals surface area (Å²) in [6.07, 6.45) is 62.4. The maximum atomic E-state index is 12.9. The van der Waals surface area contributed by atoms with Crippen LogP contribution in [0, 0.1) is 11.8 Å². The average Bonchev–Trinajstić information content (AvgIpc) is 3.35. The molecule has 0 saturated heterocycles. The second-order valence-corrected chi connectivity index (χ2v) is 22.8. The van der Waals surface area contributed by atoms with Crippen molar-refractivity contribution in [3.63, 3.8) is 0 Å². The van der Waals surface area contributed by atoms with E-state index in [4.69, 9.17) is 14.2 Å². The highest BCUT2D eigenvalue weighted by molar-refractivity contribution is 5.71. The van der Waals surface area contributed by atoms with Crippen molar-refractivity contribution in [2.24, 2.45) is 11.8 Å². The number of ether oxygens (including phenoxy) is 3. The number of hydrogen-bond donors (Lipinski definition) is 0. The molecule has 0 aromatic heterocycles. The van der Waals surface area contributed by atoms with E-state index in [9.17, 15) is 14.4 Å². The van der Waals surface area contributed by atoms with Gasteiger partial charge in [0.05, 0.1) is 0 Å². The maximum Gasteiger partial charge on any atom is 0.306 e. The fourth-order valence-corrected chi connectivity index (χ4v) is 9.90. The van der Waals surface area contributed by atoms with Crippen molar-refractivity contribution >= 4 is 17.9 Å². The molecular weight excluding hydrogens is 865 g/mol. The Morgan fingerprint density at radius 2 is 0.543 bits per heavy atom. The van der Waals surface area contributed by atoms with Gasteiger partial charge in [0.2, 0.25) is 0 Å². The minimum atomic E-state index is -0.763. The Labute approximate surface area is 438 Å². The van der Waals surface area contributed by atoms with Crippen LogP contribution in [-0.2, 0) is 28.6 Å². The second kappa shape index (κ2) is 56.7. The molecule has 6 nitrogen and oxygen atoms in total. The summed E-state index contributed by atoms with van der Waals surface area (Å²) in [6.45, 7) is 11.5. The molecule has 0 rings (SSSR count). The molecule has 0 aliphatic carbocycles. The van der Waals surface area contributed by atoms with Gasteiger partial charge in [0.1, 0.15) is 13.2 Å². The largest absolute Gasteiger partial charge is 0.462 e. The lowest BCUT2D eigenvalue weighted by molar-refractivity contribution is -0.167. The predicted molar refractivity (Wildman–Crippen MR) is 303 cm³/mol. The molecule has 0 fully saturated rings. The molecule has 0 N–H and O–H groups in total. The van der Waals surface area contributed by atoms with Gasteiger partial charge in [-0.2, -0.15) is 0 Å². The van der Waals surface area contributed by atoms with Crippen molar-refractivity contribution in [3.8, 4) is 0 Å². The molecule has 0 aliphatic rings. The van der Waals surface area contributed by atoms with Crippen molar-refractivity contribution in [2.75, 3.05) is 13.2 Å². The highest BCUT2D eigenvalue weighted by atomic mass is 16.6. The summed E-state index contributed by atoms with van der Waals surface area (Å²) >= 11 is 0. The third kappa shape index (κ3) is 55.7. The Bertz CT molecular complexity index is 1070.